The average molecular weight is 394 g/mol. The average Bonchev–Trinajstić information content (AvgIpc) is 2.74. The second-order valence-corrected chi connectivity index (χ2v) is 6.01. The molecule has 29 heavy (non-hydrogen) atoms. The summed E-state index contributed by atoms with van der Waals surface area (Å²) in [6.07, 6.45) is 0. The van der Waals surface area contributed by atoms with Crippen LogP contribution in [0.25, 0.3) is 0 Å². The summed E-state index contributed by atoms with van der Waals surface area (Å²) in [7, 11) is 0. The Bertz CT molecular complexity index is 945. The molecule has 0 saturated heterocycles. The van der Waals surface area contributed by atoms with E-state index in [9.17, 15) is 14.0 Å². The van der Waals surface area contributed by atoms with Crippen LogP contribution in [0.15, 0.2) is 78.9 Å². The van der Waals surface area contributed by atoms with E-state index in [1.54, 1.807) is 24.3 Å². The lowest BCUT2D eigenvalue weighted by Gasteiger charge is -2.09. The summed E-state index contributed by atoms with van der Waals surface area (Å²) < 4.78 is 23.9. The lowest BCUT2D eigenvalue weighted by molar-refractivity contribution is -0.125. The highest BCUT2D eigenvalue weighted by molar-refractivity contribution is 5.94. The van der Waals surface area contributed by atoms with Gasteiger partial charge in [-0.05, 0) is 60.7 Å². The maximum absolute atomic E-state index is 12.8. The number of hydrogen-bond donors (Lipinski definition) is 2. The topological polar surface area (TPSA) is 76.7 Å². The number of carbonyl (C=O) groups is 2. The van der Waals surface area contributed by atoms with Crippen molar-refractivity contribution in [2.75, 3.05) is 18.5 Å². The summed E-state index contributed by atoms with van der Waals surface area (Å²) in [6, 6.07) is 21.5. The van der Waals surface area contributed by atoms with Crippen molar-refractivity contribution in [1.29, 1.82) is 0 Å². The predicted octanol–water partition coefficient (Wildman–Crippen LogP) is 3.75. The van der Waals surface area contributed by atoms with Crippen molar-refractivity contribution in [3.8, 4) is 17.2 Å². The monoisotopic (exact) mass is 394 g/mol. The summed E-state index contributed by atoms with van der Waals surface area (Å²) in [5.74, 6) is 0.602. The van der Waals surface area contributed by atoms with Crippen LogP contribution in [-0.4, -0.2) is 25.0 Å². The Labute approximate surface area is 167 Å². The van der Waals surface area contributed by atoms with E-state index in [2.05, 4.69) is 10.6 Å². The minimum Gasteiger partial charge on any atom is -0.484 e. The van der Waals surface area contributed by atoms with Gasteiger partial charge >= 0.3 is 0 Å². The van der Waals surface area contributed by atoms with Crippen LogP contribution in [0, 0.1) is 5.82 Å². The van der Waals surface area contributed by atoms with Crippen molar-refractivity contribution in [3.63, 3.8) is 0 Å². The van der Waals surface area contributed by atoms with Gasteiger partial charge in [0.25, 0.3) is 5.91 Å². The van der Waals surface area contributed by atoms with Gasteiger partial charge in [0.15, 0.2) is 6.61 Å². The molecule has 3 aromatic rings. The fraction of sp³-hybridized carbons (Fsp3) is 0.0909. The van der Waals surface area contributed by atoms with Crippen molar-refractivity contribution >= 4 is 17.5 Å². The number of benzene rings is 3. The molecule has 7 heteroatoms. The highest BCUT2D eigenvalue weighted by atomic mass is 19.1. The molecule has 0 radical (unpaired) electrons. The minimum absolute atomic E-state index is 0.219. The Morgan fingerprint density at radius 3 is 2.07 bits per heavy atom. The number of rotatable bonds is 8. The fourth-order valence-electron chi connectivity index (χ4n) is 2.35. The Morgan fingerprint density at radius 1 is 0.759 bits per heavy atom. The third-order valence-corrected chi connectivity index (χ3v) is 3.75. The number of nitrogens with one attached hydrogen (secondary N) is 2. The van der Waals surface area contributed by atoms with E-state index >= 15 is 0 Å². The van der Waals surface area contributed by atoms with Crippen molar-refractivity contribution in [2.45, 2.75) is 0 Å². The SMILES string of the molecule is O=C(COc1ccc(Oc2ccccc2)cc1)NCC(=O)Nc1ccc(F)cc1. The van der Waals surface area contributed by atoms with Crippen LogP contribution in [0.2, 0.25) is 0 Å². The molecule has 0 aliphatic heterocycles. The van der Waals surface area contributed by atoms with Gasteiger partial charge < -0.3 is 20.1 Å². The molecule has 0 fully saturated rings. The van der Waals surface area contributed by atoms with E-state index in [1.165, 1.54) is 24.3 Å². The molecule has 0 heterocycles. The minimum atomic E-state index is -0.441. The molecule has 6 nitrogen and oxygen atoms in total. The first-order valence-electron chi connectivity index (χ1n) is 8.86. The van der Waals surface area contributed by atoms with E-state index in [4.69, 9.17) is 9.47 Å². The normalized spacial score (nSPS) is 10.1. The first-order chi connectivity index (χ1) is 14.1. The maximum Gasteiger partial charge on any atom is 0.258 e. The molecular formula is C22H19FN2O4. The third kappa shape index (κ3) is 6.66. The molecular weight excluding hydrogens is 375 g/mol. The molecule has 0 bridgehead atoms. The summed E-state index contributed by atoms with van der Waals surface area (Å²) >= 11 is 0. The van der Waals surface area contributed by atoms with Gasteiger partial charge in [-0.25, -0.2) is 4.39 Å². The van der Waals surface area contributed by atoms with Crippen molar-refractivity contribution in [2.24, 2.45) is 0 Å². The molecule has 0 aromatic heterocycles. The van der Waals surface area contributed by atoms with E-state index in [1.807, 2.05) is 30.3 Å². The molecule has 148 valence electrons. The molecule has 0 spiro atoms. The van der Waals surface area contributed by atoms with Gasteiger partial charge in [0.1, 0.15) is 23.1 Å². The Hall–Kier alpha value is -3.87. The molecule has 2 amide bonds. The van der Waals surface area contributed by atoms with Crippen LogP contribution < -0.4 is 20.1 Å². The molecule has 0 atom stereocenters. The van der Waals surface area contributed by atoms with Crippen LogP contribution in [0.3, 0.4) is 0 Å². The predicted molar refractivity (Wildman–Crippen MR) is 106 cm³/mol. The van der Waals surface area contributed by atoms with Crippen LogP contribution in [0.1, 0.15) is 0 Å². The molecule has 0 aliphatic rings. The van der Waals surface area contributed by atoms with Crippen molar-refractivity contribution in [3.05, 3.63) is 84.7 Å². The maximum atomic E-state index is 12.8. The van der Waals surface area contributed by atoms with Gasteiger partial charge in [0.2, 0.25) is 5.91 Å². The van der Waals surface area contributed by atoms with E-state index < -0.39 is 17.6 Å². The van der Waals surface area contributed by atoms with Gasteiger partial charge in [0.05, 0.1) is 6.54 Å². The van der Waals surface area contributed by atoms with E-state index in [0.717, 1.165) is 5.75 Å². The highest BCUT2D eigenvalue weighted by Gasteiger charge is 2.07. The Kier molecular flexibility index (Phi) is 6.78. The quantitative estimate of drug-likeness (QED) is 0.610. The fourth-order valence-corrected chi connectivity index (χ4v) is 2.35. The zero-order chi connectivity index (χ0) is 20.5. The van der Waals surface area contributed by atoms with Crippen LogP contribution in [0.4, 0.5) is 10.1 Å². The number of halogens is 1. The molecule has 0 aliphatic carbocycles. The summed E-state index contributed by atoms with van der Waals surface area (Å²) in [5.41, 5.74) is 0.444. The lowest BCUT2D eigenvalue weighted by Crippen LogP contribution is -2.35. The zero-order valence-electron chi connectivity index (χ0n) is 15.4. The summed E-state index contributed by atoms with van der Waals surface area (Å²) in [5, 5.41) is 5.00. The molecule has 3 aromatic carbocycles. The second kappa shape index (κ2) is 9.89. The largest absolute Gasteiger partial charge is 0.484 e. The van der Waals surface area contributed by atoms with Crippen molar-refractivity contribution in [1.82, 2.24) is 5.32 Å². The van der Waals surface area contributed by atoms with Gasteiger partial charge in [-0.2, -0.15) is 0 Å². The Morgan fingerprint density at radius 2 is 1.38 bits per heavy atom. The highest BCUT2D eigenvalue weighted by Crippen LogP contribution is 2.23. The second-order valence-electron chi connectivity index (χ2n) is 6.01. The lowest BCUT2D eigenvalue weighted by atomic mass is 10.3. The van der Waals surface area contributed by atoms with Crippen LogP contribution in [-0.2, 0) is 9.59 Å². The molecule has 0 saturated carbocycles. The first kappa shape index (κ1) is 19.9. The molecule has 2 N–H and O–H groups in total. The van der Waals surface area contributed by atoms with Gasteiger partial charge in [-0.15, -0.1) is 0 Å². The number of ether oxygens (including phenoxy) is 2. The van der Waals surface area contributed by atoms with E-state index in [-0.39, 0.29) is 13.2 Å². The number of amides is 2. The standard InChI is InChI=1S/C22H19FN2O4/c23-16-6-8-17(9-7-16)25-21(26)14-24-22(27)15-28-18-10-12-20(13-11-18)29-19-4-2-1-3-5-19/h1-13H,14-15H2,(H,24,27)(H,25,26). The zero-order valence-corrected chi connectivity index (χ0v) is 15.4. The van der Waals surface area contributed by atoms with Crippen molar-refractivity contribution < 1.29 is 23.5 Å². The van der Waals surface area contributed by atoms with Crippen LogP contribution >= 0.6 is 0 Å². The Balaban J connectivity index is 1.38. The van der Waals surface area contributed by atoms with Crippen LogP contribution in [0.5, 0.6) is 17.2 Å². The third-order valence-electron chi connectivity index (χ3n) is 3.75. The van der Waals surface area contributed by atoms with E-state index in [0.29, 0.717) is 17.2 Å². The summed E-state index contributed by atoms with van der Waals surface area (Å²) in [6.45, 7) is -0.452. The number of hydrogen-bond acceptors (Lipinski definition) is 4. The molecule has 0 unspecified atom stereocenters. The van der Waals surface area contributed by atoms with Gasteiger partial charge in [-0.3, -0.25) is 9.59 Å². The number of anilines is 1. The molecule has 3 rings (SSSR count). The number of carbonyl (C=O) groups excluding carboxylic acids is 2. The summed E-state index contributed by atoms with van der Waals surface area (Å²) in [4.78, 5) is 23.6. The van der Waals surface area contributed by atoms with Gasteiger partial charge in [0, 0.05) is 5.69 Å². The van der Waals surface area contributed by atoms with Gasteiger partial charge in [-0.1, -0.05) is 18.2 Å². The number of para-hydroxylation sites is 1. The smallest absolute Gasteiger partial charge is 0.258 e. The first-order valence-corrected chi connectivity index (χ1v) is 8.86.